The van der Waals surface area contributed by atoms with Crippen LogP contribution in [0.4, 0.5) is 5.69 Å². The Morgan fingerprint density at radius 3 is 2.74 bits per heavy atom. The number of hydrogen-bond donors (Lipinski definition) is 2. The molecule has 34 heavy (non-hydrogen) atoms. The number of nitrogens with zero attached hydrogens (tertiary/aromatic N) is 2. The fraction of sp³-hybridized carbons (Fsp3) is 0.423. The summed E-state index contributed by atoms with van der Waals surface area (Å²) in [7, 11) is 0. The largest absolute Gasteiger partial charge is 0.491 e. The first-order valence-electron chi connectivity index (χ1n) is 11.9. The van der Waals surface area contributed by atoms with Gasteiger partial charge in [0.25, 0.3) is 5.91 Å². The van der Waals surface area contributed by atoms with E-state index in [4.69, 9.17) is 4.74 Å². The number of amides is 3. The number of ether oxygens (including phenoxy) is 1. The van der Waals surface area contributed by atoms with E-state index in [1.54, 1.807) is 12.1 Å². The van der Waals surface area contributed by atoms with Gasteiger partial charge in [0.15, 0.2) is 0 Å². The third kappa shape index (κ3) is 5.94. The minimum absolute atomic E-state index is 0.0352. The van der Waals surface area contributed by atoms with E-state index in [1.807, 2.05) is 41.0 Å². The van der Waals surface area contributed by atoms with Crippen LogP contribution in [-0.4, -0.2) is 68.5 Å². The molecule has 0 saturated carbocycles. The Kier molecular flexibility index (Phi) is 7.80. The van der Waals surface area contributed by atoms with Crippen LogP contribution < -0.4 is 20.3 Å². The molecule has 0 aromatic heterocycles. The summed E-state index contributed by atoms with van der Waals surface area (Å²) >= 11 is 0. The smallest absolute Gasteiger partial charge is 0.255 e. The summed E-state index contributed by atoms with van der Waals surface area (Å²) in [5, 5.41) is 5.82. The highest BCUT2D eigenvalue weighted by Gasteiger charge is 2.25. The van der Waals surface area contributed by atoms with Crippen molar-refractivity contribution in [3.8, 4) is 5.75 Å². The topological polar surface area (TPSA) is 91.0 Å². The quantitative estimate of drug-likeness (QED) is 0.709. The first kappa shape index (κ1) is 23.8. The lowest BCUT2D eigenvalue weighted by Crippen LogP contribution is -2.43. The first-order valence-corrected chi connectivity index (χ1v) is 11.9. The molecule has 0 radical (unpaired) electrons. The van der Waals surface area contributed by atoms with Gasteiger partial charge in [-0.25, -0.2) is 0 Å². The van der Waals surface area contributed by atoms with Crippen LogP contribution in [0.25, 0.3) is 0 Å². The molecule has 8 heteroatoms. The maximum absolute atomic E-state index is 13.1. The van der Waals surface area contributed by atoms with Gasteiger partial charge in [0.1, 0.15) is 12.4 Å². The number of hydrogen-bond acceptors (Lipinski definition) is 5. The molecule has 0 aliphatic carbocycles. The van der Waals surface area contributed by atoms with Crippen LogP contribution in [-0.2, 0) is 16.0 Å². The van der Waals surface area contributed by atoms with Crippen molar-refractivity contribution in [1.29, 1.82) is 0 Å². The fourth-order valence-corrected chi connectivity index (χ4v) is 4.42. The highest BCUT2D eigenvalue weighted by molar-refractivity contribution is 5.97. The summed E-state index contributed by atoms with van der Waals surface area (Å²) in [6.45, 7) is 4.99. The van der Waals surface area contributed by atoms with E-state index in [9.17, 15) is 14.4 Å². The third-order valence-corrected chi connectivity index (χ3v) is 6.20. The van der Waals surface area contributed by atoms with Crippen LogP contribution in [0.5, 0.6) is 5.75 Å². The van der Waals surface area contributed by atoms with Gasteiger partial charge in [-0.2, -0.15) is 0 Å². The molecule has 2 aromatic rings. The number of fused-ring (bicyclic) bond motifs is 2. The Balaban J connectivity index is 1.44. The van der Waals surface area contributed by atoms with Gasteiger partial charge in [-0.1, -0.05) is 29.8 Å². The van der Waals surface area contributed by atoms with Crippen LogP contribution in [0.15, 0.2) is 42.5 Å². The SMILES string of the molecule is Cc1ccc2c(c1)C(=O)NCCN(CC(=O)N1CCc3ccccc31)CCCC(=O)NCCO2. The predicted molar refractivity (Wildman–Crippen MR) is 130 cm³/mol. The number of anilines is 1. The minimum Gasteiger partial charge on any atom is -0.491 e. The van der Waals surface area contributed by atoms with Crippen LogP contribution in [0.2, 0.25) is 0 Å². The van der Waals surface area contributed by atoms with Gasteiger partial charge >= 0.3 is 0 Å². The van der Waals surface area contributed by atoms with Gasteiger partial charge in [-0.05, 0) is 50.1 Å². The van der Waals surface area contributed by atoms with Crippen LogP contribution >= 0.6 is 0 Å². The molecule has 0 saturated heterocycles. The van der Waals surface area contributed by atoms with Crippen molar-refractivity contribution in [2.45, 2.75) is 26.2 Å². The lowest BCUT2D eigenvalue weighted by atomic mass is 10.1. The van der Waals surface area contributed by atoms with Crippen LogP contribution in [0.1, 0.15) is 34.3 Å². The summed E-state index contributed by atoms with van der Waals surface area (Å²) < 4.78 is 5.76. The zero-order valence-electron chi connectivity index (χ0n) is 19.6. The van der Waals surface area contributed by atoms with Crippen molar-refractivity contribution >= 4 is 23.4 Å². The number of nitrogens with one attached hydrogen (secondary N) is 2. The maximum atomic E-state index is 13.1. The molecule has 2 aromatic carbocycles. The molecule has 2 heterocycles. The van der Waals surface area contributed by atoms with Crippen molar-refractivity contribution < 1.29 is 19.1 Å². The number of rotatable bonds is 2. The maximum Gasteiger partial charge on any atom is 0.255 e. The molecule has 180 valence electrons. The van der Waals surface area contributed by atoms with E-state index in [1.165, 1.54) is 5.56 Å². The second-order valence-corrected chi connectivity index (χ2v) is 8.76. The van der Waals surface area contributed by atoms with Crippen molar-refractivity contribution in [3.05, 3.63) is 59.2 Å². The molecule has 2 aliphatic heterocycles. The van der Waals surface area contributed by atoms with Crippen molar-refractivity contribution in [2.75, 3.05) is 50.8 Å². The molecule has 0 bridgehead atoms. The van der Waals surface area contributed by atoms with Gasteiger partial charge in [0, 0.05) is 31.7 Å². The van der Waals surface area contributed by atoms with Gasteiger partial charge in [0.2, 0.25) is 11.8 Å². The number of carbonyl (C=O) groups excluding carboxylic acids is 3. The lowest BCUT2D eigenvalue weighted by molar-refractivity contribution is -0.121. The fourth-order valence-electron chi connectivity index (χ4n) is 4.42. The van der Waals surface area contributed by atoms with Crippen molar-refractivity contribution in [2.24, 2.45) is 0 Å². The average molecular weight is 465 g/mol. The molecule has 2 aliphatic rings. The average Bonchev–Trinajstić information content (AvgIpc) is 3.26. The molecule has 8 nitrogen and oxygen atoms in total. The monoisotopic (exact) mass is 464 g/mol. The molecule has 0 fully saturated rings. The highest BCUT2D eigenvalue weighted by atomic mass is 16.5. The molecule has 4 rings (SSSR count). The van der Waals surface area contributed by atoms with E-state index >= 15 is 0 Å². The molecule has 0 unspecified atom stereocenters. The van der Waals surface area contributed by atoms with Crippen LogP contribution in [0, 0.1) is 6.92 Å². The molecule has 3 amide bonds. The molecule has 2 N–H and O–H groups in total. The summed E-state index contributed by atoms with van der Waals surface area (Å²) in [5.41, 5.74) is 3.60. The Bertz CT molecular complexity index is 1050. The Hall–Kier alpha value is -3.39. The van der Waals surface area contributed by atoms with E-state index in [0.29, 0.717) is 56.9 Å². The minimum atomic E-state index is -0.211. The van der Waals surface area contributed by atoms with Crippen molar-refractivity contribution in [3.63, 3.8) is 0 Å². The number of para-hydroxylation sites is 1. The number of benzene rings is 2. The van der Waals surface area contributed by atoms with Gasteiger partial charge in [-0.15, -0.1) is 0 Å². The second kappa shape index (κ2) is 11.2. The Morgan fingerprint density at radius 2 is 1.85 bits per heavy atom. The van der Waals surface area contributed by atoms with E-state index in [0.717, 1.165) is 17.7 Å². The standard InChI is InChI=1S/C26H32N4O4/c1-19-8-9-23-21(17-19)26(33)28-11-15-29(13-4-7-24(31)27-12-16-34-23)18-25(32)30-14-10-20-5-2-3-6-22(20)30/h2-3,5-6,8-9,17H,4,7,10-16,18H2,1H3,(H,27,31)(H,28,33). The Labute approximate surface area is 200 Å². The number of carbonyl (C=O) groups is 3. The lowest BCUT2D eigenvalue weighted by Gasteiger charge is -2.25. The molecule has 0 spiro atoms. The summed E-state index contributed by atoms with van der Waals surface area (Å²) in [5.74, 6) is 0.272. The molecular formula is C26H32N4O4. The van der Waals surface area contributed by atoms with Crippen LogP contribution in [0.3, 0.4) is 0 Å². The molecule has 0 atom stereocenters. The first-order chi connectivity index (χ1) is 16.5. The van der Waals surface area contributed by atoms with E-state index in [2.05, 4.69) is 16.7 Å². The third-order valence-electron chi connectivity index (χ3n) is 6.20. The van der Waals surface area contributed by atoms with Gasteiger partial charge < -0.3 is 20.3 Å². The number of aryl methyl sites for hydroxylation is 1. The zero-order chi connectivity index (χ0) is 23.9. The van der Waals surface area contributed by atoms with E-state index in [-0.39, 0.29) is 30.9 Å². The second-order valence-electron chi connectivity index (χ2n) is 8.76. The Morgan fingerprint density at radius 1 is 1.00 bits per heavy atom. The summed E-state index contributed by atoms with van der Waals surface area (Å²) in [6.07, 6.45) is 1.86. The normalized spacial score (nSPS) is 18.0. The van der Waals surface area contributed by atoms with Gasteiger partial charge in [-0.3, -0.25) is 19.3 Å². The summed E-state index contributed by atoms with van der Waals surface area (Å²) in [4.78, 5) is 42.1. The predicted octanol–water partition coefficient (Wildman–Crippen LogP) is 1.90. The van der Waals surface area contributed by atoms with Crippen molar-refractivity contribution in [1.82, 2.24) is 15.5 Å². The zero-order valence-corrected chi connectivity index (χ0v) is 19.6. The van der Waals surface area contributed by atoms with E-state index < -0.39 is 0 Å². The summed E-state index contributed by atoms with van der Waals surface area (Å²) in [6, 6.07) is 13.5. The molecular weight excluding hydrogens is 432 g/mol. The highest BCUT2D eigenvalue weighted by Crippen LogP contribution is 2.27. The van der Waals surface area contributed by atoms with Gasteiger partial charge in [0.05, 0.1) is 18.7 Å².